The number of amides is 1. The minimum Gasteiger partial charge on any atom is -0.350 e. The lowest BCUT2D eigenvalue weighted by Crippen LogP contribution is -2.41. The van der Waals surface area contributed by atoms with Crippen molar-refractivity contribution in [3.63, 3.8) is 0 Å². The molecular formula is C13H21N5O3S. The Bertz CT molecular complexity index is 498. The van der Waals surface area contributed by atoms with Gasteiger partial charge in [-0.05, 0) is 23.3 Å². The minimum atomic E-state index is -0.0591. The van der Waals surface area contributed by atoms with Crippen molar-refractivity contribution in [2.45, 2.75) is 30.7 Å². The van der Waals surface area contributed by atoms with Gasteiger partial charge in [-0.3, -0.25) is 4.79 Å². The molecule has 0 spiro atoms. The monoisotopic (exact) mass is 327 g/mol. The number of ether oxygens (including phenoxy) is 2. The summed E-state index contributed by atoms with van der Waals surface area (Å²) >= 11 is 1.51. The minimum absolute atomic E-state index is 0.0591. The zero-order chi connectivity index (χ0) is 15.4. The Balaban J connectivity index is 1.37. The van der Waals surface area contributed by atoms with Crippen LogP contribution in [0.2, 0.25) is 0 Å². The van der Waals surface area contributed by atoms with Crippen LogP contribution in [0.4, 0.5) is 0 Å². The van der Waals surface area contributed by atoms with Crippen LogP contribution in [0.3, 0.4) is 0 Å². The van der Waals surface area contributed by atoms with Crippen LogP contribution in [-0.4, -0.2) is 69.4 Å². The molecule has 2 aliphatic rings. The molecule has 2 saturated heterocycles. The number of carbonyl (C=O) groups is 1. The van der Waals surface area contributed by atoms with E-state index in [2.05, 4.69) is 15.5 Å². The van der Waals surface area contributed by atoms with Crippen LogP contribution in [0.25, 0.3) is 0 Å². The average molecular weight is 327 g/mol. The predicted octanol–water partition coefficient (Wildman–Crippen LogP) is 0.304. The highest BCUT2D eigenvalue weighted by Gasteiger charge is 2.31. The Hall–Kier alpha value is -1.19. The highest BCUT2D eigenvalue weighted by molar-refractivity contribution is 7.99. The maximum absolute atomic E-state index is 12.2. The number of hydrogen-bond acceptors (Lipinski definition) is 7. The van der Waals surface area contributed by atoms with Crippen molar-refractivity contribution >= 4 is 17.7 Å². The number of rotatable bonds is 5. The summed E-state index contributed by atoms with van der Waals surface area (Å²) < 4.78 is 12.7. The number of aryl methyl sites for hydroxylation is 1. The number of nitrogens with zero attached hydrogens (tertiary/aromatic N) is 5. The highest BCUT2D eigenvalue weighted by Crippen LogP contribution is 2.26. The van der Waals surface area contributed by atoms with E-state index in [1.165, 1.54) is 11.8 Å². The average Bonchev–Trinajstić information content (AvgIpc) is 3.20. The second-order valence-electron chi connectivity index (χ2n) is 5.51. The quantitative estimate of drug-likeness (QED) is 0.720. The fraction of sp³-hybridized carbons (Fsp3) is 0.846. The largest absolute Gasteiger partial charge is 0.350 e. The first kappa shape index (κ1) is 15.7. The molecule has 1 amide bonds. The molecule has 122 valence electrons. The molecule has 1 aromatic rings. The molecular weight excluding hydrogens is 306 g/mol. The third-order valence-electron chi connectivity index (χ3n) is 4.05. The van der Waals surface area contributed by atoms with E-state index in [1.807, 2.05) is 4.90 Å². The fourth-order valence-corrected chi connectivity index (χ4v) is 3.58. The first-order valence-electron chi connectivity index (χ1n) is 7.60. The Morgan fingerprint density at radius 1 is 1.32 bits per heavy atom. The zero-order valence-electron chi connectivity index (χ0n) is 12.7. The Morgan fingerprint density at radius 3 is 2.68 bits per heavy atom. The van der Waals surface area contributed by atoms with E-state index >= 15 is 0 Å². The second kappa shape index (κ2) is 7.38. The topological polar surface area (TPSA) is 82.4 Å². The summed E-state index contributed by atoms with van der Waals surface area (Å²) in [4.78, 5) is 14.2. The van der Waals surface area contributed by atoms with Gasteiger partial charge in [0.15, 0.2) is 6.29 Å². The molecule has 0 bridgehead atoms. The SMILES string of the molecule is Cn1nnnc1SCCC(=O)N1CCC(C2OCCO2)CC1. The first-order valence-corrected chi connectivity index (χ1v) is 8.59. The van der Waals surface area contributed by atoms with E-state index in [1.54, 1.807) is 11.7 Å². The number of tetrazole rings is 1. The number of piperidine rings is 1. The Kier molecular flexibility index (Phi) is 5.27. The molecule has 0 unspecified atom stereocenters. The van der Waals surface area contributed by atoms with E-state index in [0.29, 0.717) is 31.3 Å². The molecule has 9 heteroatoms. The lowest BCUT2D eigenvalue weighted by molar-refractivity contribution is -0.136. The molecule has 0 N–H and O–H groups in total. The summed E-state index contributed by atoms with van der Waals surface area (Å²) in [5, 5.41) is 12.0. The van der Waals surface area contributed by atoms with E-state index in [9.17, 15) is 4.79 Å². The smallest absolute Gasteiger partial charge is 0.223 e. The molecule has 2 aliphatic heterocycles. The molecule has 22 heavy (non-hydrogen) atoms. The highest BCUT2D eigenvalue weighted by atomic mass is 32.2. The van der Waals surface area contributed by atoms with Gasteiger partial charge in [0.2, 0.25) is 11.1 Å². The molecule has 3 heterocycles. The molecule has 8 nitrogen and oxygen atoms in total. The van der Waals surface area contributed by atoms with Crippen LogP contribution >= 0.6 is 11.8 Å². The van der Waals surface area contributed by atoms with Gasteiger partial charge in [-0.1, -0.05) is 11.8 Å². The molecule has 0 saturated carbocycles. The maximum atomic E-state index is 12.2. The van der Waals surface area contributed by atoms with Crippen LogP contribution < -0.4 is 0 Å². The fourth-order valence-electron chi connectivity index (χ4n) is 2.80. The number of likely N-dealkylation sites (tertiary alicyclic amines) is 1. The molecule has 2 fully saturated rings. The van der Waals surface area contributed by atoms with Crippen molar-refractivity contribution in [1.82, 2.24) is 25.1 Å². The van der Waals surface area contributed by atoms with E-state index in [0.717, 1.165) is 31.1 Å². The van der Waals surface area contributed by atoms with Crippen LogP contribution in [-0.2, 0) is 21.3 Å². The summed E-state index contributed by atoms with van der Waals surface area (Å²) in [6.45, 7) is 2.97. The van der Waals surface area contributed by atoms with Crippen LogP contribution in [0.5, 0.6) is 0 Å². The van der Waals surface area contributed by atoms with E-state index in [-0.39, 0.29) is 12.2 Å². The van der Waals surface area contributed by atoms with E-state index in [4.69, 9.17) is 9.47 Å². The lowest BCUT2D eigenvalue weighted by Gasteiger charge is -2.33. The summed E-state index contributed by atoms with van der Waals surface area (Å²) in [6, 6.07) is 0. The van der Waals surface area contributed by atoms with Gasteiger partial charge < -0.3 is 14.4 Å². The number of hydrogen-bond donors (Lipinski definition) is 0. The number of thioether (sulfide) groups is 1. The summed E-state index contributed by atoms with van der Waals surface area (Å²) in [5.74, 6) is 1.32. The van der Waals surface area contributed by atoms with Gasteiger partial charge in [0.25, 0.3) is 0 Å². The summed E-state index contributed by atoms with van der Waals surface area (Å²) in [7, 11) is 1.79. The van der Waals surface area contributed by atoms with Crippen molar-refractivity contribution < 1.29 is 14.3 Å². The van der Waals surface area contributed by atoms with Gasteiger partial charge in [0.1, 0.15) is 0 Å². The summed E-state index contributed by atoms with van der Waals surface area (Å²) in [6.07, 6.45) is 2.36. The van der Waals surface area contributed by atoms with E-state index < -0.39 is 0 Å². The second-order valence-corrected chi connectivity index (χ2v) is 6.57. The van der Waals surface area contributed by atoms with Crippen molar-refractivity contribution in [2.24, 2.45) is 13.0 Å². The standard InChI is InChI=1S/C13H21N5O3S/c1-17-13(14-15-16-17)22-9-4-11(19)18-5-2-10(3-6-18)12-20-7-8-21-12/h10,12H,2-9H2,1H3. The van der Waals surface area contributed by atoms with Gasteiger partial charge in [0.05, 0.1) is 13.2 Å². The van der Waals surface area contributed by atoms with Crippen molar-refractivity contribution in [2.75, 3.05) is 32.1 Å². The van der Waals surface area contributed by atoms with Gasteiger partial charge in [-0.25, -0.2) is 4.68 Å². The number of carbonyl (C=O) groups excluding carboxylic acids is 1. The normalized spacial score (nSPS) is 20.7. The van der Waals surface area contributed by atoms with Crippen molar-refractivity contribution in [1.29, 1.82) is 0 Å². The van der Waals surface area contributed by atoms with Gasteiger partial charge in [-0.15, -0.1) is 5.10 Å². The third kappa shape index (κ3) is 3.76. The van der Waals surface area contributed by atoms with Crippen molar-refractivity contribution in [3.05, 3.63) is 0 Å². The summed E-state index contributed by atoms with van der Waals surface area (Å²) in [5.41, 5.74) is 0. The third-order valence-corrected chi connectivity index (χ3v) is 5.07. The van der Waals surface area contributed by atoms with Crippen LogP contribution in [0.1, 0.15) is 19.3 Å². The molecule has 3 rings (SSSR count). The van der Waals surface area contributed by atoms with Crippen molar-refractivity contribution in [3.8, 4) is 0 Å². The number of aromatic nitrogens is 4. The van der Waals surface area contributed by atoms with Gasteiger partial charge in [-0.2, -0.15) is 0 Å². The Morgan fingerprint density at radius 2 is 2.05 bits per heavy atom. The van der Waals surface area contributed by atoms with Crippen LogP contribution in [0, 0.1) is 5.92 Å². The maximum Gasteiger partial charge on any atom is 0.223 e. The molecule has 0 radical (unpaired) electrons. The molecule has 1 aromatic heterocycles. The molecule has 0 aliphatic carbocycles. The molecule has 0 atom stereocenters. The Labute approximate surface area is 133 Å². The first-order chi connectivity index (χ1) is 10.7. The van der Waals surface area contributed by atoms with Gasteiger partial charge in [0, 0.05) is 38.2 Å². The zero-order valence-corrected chi connectivity index (χ0v) is 13.5. The van der Waals surface area contributed by atoms with Crippen LogP contribution in [0.15, 0.2) is 5.16 Å². The lowest BCUT2D eigenvalue weighted by atomic mass is 9.96. The predicted molar refractivity (Wildman–Crippen MR) is 79.1 cm³/mol. The molecule has 0 aromatic carbocycles. The van der Waals surface area contributed by atoms with Gasteiger partial charge >= 0.3 is 0 Å².